The lowest BCUT2D eigenvalue weighted by Crippen LogP contribution is -2.46. The highest BCUT2D eigenvalue weighted by Gasteiger charge is 2.33. The molecule has 0 aromatic carbocycles. The van der Waals surface area contributed by atoms with Gasteiger partial charge in [0.05, 0.1) is 6.61 Å². The van der Waals surface area contributed by atoms with Crippen LogP contribution in [0.25, 0.3) is 0 Å². The van der Waals surface area contributed by atoms with E-state index in [9.17, 15) is 24.2 Å². The zero-order valence-electron chi connectivity index (χ0n) is 15.6. The number of rotatable bonds is 11. The lowest BCUT2D eigenvalue weighted by atomic mass is 9.86. The van der Waals surface area contributed by atoms with Crippen molar-refractivity contribution in [2.45, 2.75) is 39.0 Å². The summed E-state index contributed by atoms with van der Waals surface area (Å²) in [7, 11) is -2.93. The van der Waals surface area contributed by atoms with E-state index in [0.717, 1.165) is 26.4 Å². The molecule has 0 saturated carbocycles. The number of amides is 2. The number of piperidine rings is 1. The van der Waals surface area contributed by atoms with Gasteiger partial charge >= 0.3 is 7.82 Å². The zero-order chi connectivity index (χ0) is 19.6. The Balaban J connectivity index is 2.32. The number of phosphoric ester groups is 1. The van der Waals surface area contributed by atoms with Crippen LogP contribution >= 0.6 is 7.82 Å². The van der Waals surface area contributed by atoms with Crippen molar-refractivity contribution in [1.29, 1.82) is 0 Å². The monoisotopic (exact) mass is 394 g/mol. The predicted octanol–water partition coefficient (Wildman–Crippen LogP) is 0.903. The average Bonchev–Trinajstić information content (AvgIpc) is 2.62. The molecule has 10 heteroatoms. The Morgan fingerprint density at radius 3 is 2.62 bits per heavy atom. The number of phosphoric acid groups is 1. The summed E-state index contributed by atoms with van der Waals surface area (Å²) in [5.41, 5.74) is 0. The van der Waals surface area contributed by atoms with Crippen LogP contribution in [0, 0.1) is 11.8 Å². The molecular weight excluding hydrogens is 363 g/mol. The third kappa shape index (κ3) is 8.60. The molecule has 2 amide bonds. The van der Waals surface area contributed by atoms with Gasteiger partial charge in [0.2, 0.25) is 11.8 Å². The van der Waals surface area contributed by atoms with Gasteiger partial charge < -0.3 is 20.2 Å². The van der Waals surface area contributed by atoms with Crippen LogP contribution in [0.4, 0.5) is 0 Å². The SMILES string of the molecule is COP(=O)(O)OCC1CCN(C(=O)CCCCCNC(C)=O)CC1CO. The maximum atomic E-state index is 12.3. The van der Waals surface area contributed by atoms with E-state index >= 15 is 0 Å². The van der Waals surface area contributed by atoms with Crippen LogP contribution in [0.3, 0.4) is 0 Å². The molecule has 152 valence electrons. The average molecular weight is 394 g/mol. The van der Waals surface area contributed by atoms with Gasteiger partial charge in [0, 0.05) is 52.6 Å². The third-order valence-corrected chi connectivity index (χ3v) is 5.54. The smallest absolute Gasteiger partial charge is 0.396 e. The minimum Gasteiger partial charge on any atom is -0.396 e. The third-order valence-electron chi connectivity index (χ3n) is 4.60. The number of aliphatic hydroxyl groups excluding tert-OH is 1. The molecule has 3 unspecified atom stereocenters. The van der Waals surface area contributed by atoms with Gasteiger partial charge in [-0.05, 0) is 25.2 Å². The largest absolute Gasteiger partial charge is 0.471 e. The number of likely N-dealkylation sites (tertiary alicyclic amines) is 1. The van der Waals surface area contributed by atoms with Crippen molar-refractivity contribution in [2.24, 2.45) is 11.8 Å². The molecular formula is C16H31N2O7P. The Morgan fingerprint density at radius 1 is 1.27 bits per heavy atom. The molecule has 1 fully saturated rings. The van der Waals surface area contributed by atoms with E-state index in [-0.39, 0.29) is 36.9 Å². The van der Waals surface area contributed by atoms with Gasteiger partial charge in [-0.2, -0.15) is 0 Å². The Hall–Kier alpha value is -0.990. The summed E-state index contributed by atoms with van der Waals surface area (Å²) in [6.07, 6.45) is 3.50. The van der Waals surface area contributed by atoms with Crippen molar-refractivity contribution in [1.82, 2.24) is 10.2 Å². The fraction of sp³-hybridized carbons (Fsp3) is 0.875. The number of hydrogen-bond acceptors (Lipinski definition) is 6. The fourth-order valence-corrected chi connectivity index (χ4v) is 3.46. The first kappa shape index (κ1) is 23.0. The summed E-state index contributed by atoms with van der Waals surface area (Å²) in [6.45, 7) is 2.95. The van der Waals surface area contributed by atoms with Crippen LogP contribution in [-0.4, -0.2) is 66.7 Å². The second-order valence-corrected chi connectivity index (χ2v) is 8.13. The summed E-state index contributed by atoms with van der Waals surface area (Å²) in [6, 6.07) is 0. The van der Waals surface area contributed by atoms with E-state index in [1.54, 1.807) is 4.90 Å². The Labute approximate surface area is 154 Å². The minimum atomic E-state index is -4.03. The highest BCUT2D eigenvalue weighted by atomic mass is 31.2. The first-order valence-corrected chi connectivity index (χ1v) is 10.4. The highest BCUT2D eigenvalue weighted by Crippen LogP contribution is 2.43. The predicted molar refractivity (Wildman–Crippen MR) is 95.2 cm³/mol. The summed E-state index contributed by atoms with van der Waals surface area (Å²) >= 11 is 0. The van der Waals surface area contributed by atoms with E-state index in [1.165, 1.54) is 6.92 Å². The molecule has 0 aromatic rings. The van der Waals surface area contributed by atoms with Gasteiger partial charge in [0.25, 0.3) is 0 Å². The van der Waals surface area contributed by atoms with Crippen LogP contribution < -0.4 is 5.32 Å². The Kier molecular flexibility index (Phi) is 10.3. The quantitative estimate of drug-likeness (QED) is 0.351. The van der Waals surface area contributed by atoms with Gasteiger partial charge in [-0.15, -0.1) is 0 Å². The molecule has 3 N–H and O–H groups in total. The second kappa shape index (κ2) is 11.7. The summed E-state index contributed by atoms with van der Waals surface area (Å²) < 4.78 is 20.7. The Bertz CT molecular complexity index is 503. The fourth-order valence-electron chi connectivity index (χ4n) is 2.98. The van der Waals surface area contributed by atoms with Gasteiger partial charge in [-0.1, -0.05) is 6.42 Å². The van der Waals surface area contributed by atoms with Crippen molar-refractivity contribution in [3.63, 3.8) is 0 Å². The van der Waals surface area contributed by atoms with Crippen molar-refractivity contribution in [3.8, 4) is 0 Å². The maximum absolute atomic E-state index is 12.3. The number of carbonyl (C=O) groups excluding carboxylic acids is 2. The van der Waals surface area contributed by atoms with Crippen LogP contribution in [0.2, 0.25) is 0 Å². The van der Waals surface area contributed by atoms with Gasteiger partial charge in [0.15, 0.2) is 0 Å². The molecule has 3 atom stereocenters. The molecule has 1 rings (SSSR count). The van der Waals surface area contributed by atoms with Crippen LogP contribution in [0.15, 0.2) is 0 Å². The zero-order valence-corrected chi connectivity index (χ0v) is 16.5. The molecule has 26 heavy (non-hydrogen) atoms. The number of aliphatic hydroxyl groups is 1. The van der Waals surface area contributed by atoms with E-state index in [2.05, 4.69) is 9.84 Å². The molecule has 9 nitrogen and oxygen atoms in total. The van der Waals surface area contributed by atoms with Crippen LogP contribution in [0.1, 0.15) is 39.0 Å². The summed E-state index contributed by atoms with van der Waals surface area (Å²) in [5, 5.41) is 12.3. The molecule has 0 aromatic heterocycles. The summed E-state index contributed by atoms with van der Waals surface area (Å²) in [4.78, 5) is 34.1. The molecule has 1 saturated heterocycles. The number of nitrogens with zero attached hydrogens (tertiary/aromatic N) is 1. The molecule has 0 radical (unpaired) electrons. The van der Waals surface area contributed by atoms with Gasteiger partial charge in [-0.25, -0.2) is 4.57 Å². The number of unbranched alkanes of at least 4 members (excludes halogenated alkanes) is 2. The topological polar surface area (TPSA) is 125 Å². The molecule has 0 aliphatic carbocycles. The first-order valence-electron chi connectivity index (χ1n) is 8.95. The van der Waals surface area contributed by atoms with Gasteiger partial charge in [-0.3, -0.25) is 18.6 Å². The Morgan fingerprint density at radius 2 is 2.00 bits per heavy atom. The number of nitrogens with one attached hydrogen (secondary N) is 1. The molecule has 0 spiro atoms. The van der Waals surface area contributed by atoms with E-state index in [4.69, 9.17) is 4.52 Å². The lowest BCUT2D eigenvalue weighted by Gasteiger charge is -2.37. The standard InChI is InChI=1S/C16H31N2O7P/c1-13(20)17-8-5-3-4-6-16(21)18-9-7-14(15(10-18)11-19)12-25-26(22,23)24-2/h14-15,19H,3-12H2,1-2H3,(H,17,20)(H,22,23). The van der Waals surface area contributed by atoms with Crippen LogP contribution in [-0.2, 0) is 23.2 Å². The van der Waals surface area contributed by atoms with Crippen molar-refractivity contribution in [3.05, 3.63) is 0 Å². The maximum Gasteiger partial charge on any atom is 0.471 e. The lowest BCUT2D eigenvalue weighted by molar-refractivity contribution is -0.134. The second-order valence-electron chi connectivity index (χ2n) is 6.57. The van der Waals surface area contributed by atoms with Crippen molar-refractivity contribution in [2.75, 3.05) is 40.0 Å². The molecule has 1 aliphatic heterocycles. The van der Waals surface area contributed by atoms with Crippen molar-refractivity contribution >= 4 is 19.6 Å². The summed E-state index contributed by atoms with van der Waals surface area (Å²) in [5.74, 6) is -0.292. The normalized spacial score (nSPS) is 22.7. The van der Waals surface area contributed by atoms with E-state index in [0.29, 0.717) is 32.5 Å². The molecule has 1 aliphatic rings. The van der Waals surface area contributed by atoms with E-state index < -0.39 is 7.82 Å². The minimum absolute atomic E-state index is 0.0119. The first-order chi connectivity index (χ1) is 12.3. The number of carbonyl (C=O) groups is 2. The van der Waals surface area contributed by atoms with Crippen LogP contribution in [0.5, 0.6) is 0 Å². The van der Waals surface area contributed by atoms with Gasteiger partial charge in [0.1, 0.15) is 0 Å². The van der Waals surface area contributed by atoms with Crippen molar-refractivity contribution < 1.29 is 33.2 Å². The van der Waals surface area contributed by atoms with E-state index in [1.807, 2.05) is 0 Å². The number of hydrogen-bond donors (Lipinski definition) is 3. The highest BCUT2D eigenvalue weighted by molar-refractivity contribution is 7.47. The molecule has 0 bridgehead atoms. The molecule has 1 heterocycles.